The molecule has 2 N–H and O–H groups in total. The SMILES string of the molecule is CC1(NCc2ccc(C(=O)O)c(F)c2)CCC1. The van der Waals surface area contributed by atoms with Crippen LogP contribution in [0.15, 0.2) is 18.2 Å². The minimum atomic E-state index is -1.23. The predicted octanol–water partition coefficient (Wildman–Crippen LogP) is 2.56. The zero-order valence-electron chi connectivity index (χ0n) is 9.79. The molecule has 0 bridgehead atoms. The number of carboxylic acids is 1. The number of hydrogen-bond donors (Lipinski definition) is 2. The molecule has 0 spiro atoms. The number of nitrogens with one attached hydrogen (secondary N) is 1. The quantitative estimate of drug-likeness (QED) is 0.846. The Morgan fingerprint density at radius 3 is 2.71 bits per heavy atom. The van der Waals surface area contributed by atoms with Gasteiger partial charge in [0.15, 0.2) is 0 Å². The summed E-state index contributed by atoms with van der Waals surface area (Å²) in [6, 6.07) is 4.26. The molecule has 0 radical (unpaired) electrons. The van der Waals surface area contributed by atoms with Crippen molar-refractivity contribution in [2.45, 2.75) is 38.3 Å². The first kappa shape index (κ1) is 12.0. The monoisotopic (exact) mass is 237 g/mol. The maximum atomic E-state index is 13.4. The van der Waals surface area contributed by atoms with E-state index in [-0.39, 0.29) is 11.1 Å². The standard InChI is InChI=1S/C13H16FNO2/c1-13(5-2-6-13)15-8-9-3-4-10(12(16)17)11(14)7-9/h3-4,7,15H,2,5-6,8H2,1H3,(H,16,17). The summed E-state index contributed by atoms with van der Waals surface area (Å²) in [6.07, 6.45) is 3.52. The van der Waals surface area contributed by atoms with Crippen molar-refractivity contribution in [3.05, 3.63) is 35.1 Å². The second-order valence-electron chi connectivity index (χ2n) is 4.89. The molecule has 0 unspecified atom stereocenters. The van der Waals surface area contributed by atoms with Crippen molar-refractivity contribution in [1.29, 1.82) is 0 Å². The normalized spacial score (nSPS) is 17.5. The van der Waals surface area contributed by atoms with Gasteiger partial charge in [-0.25, -0.2) is 9.18 Å². The Hall–Kier alpha value is -1.42. The van der Waals surface area contributed by atoms with Gasteiger partial charge in [0, 0.05) is 12.1 Å². The fourth-order valence-corrected chi connectivity index (χ4v) is 2.04. The molecule has 1 fully saturated rings. The van der Waals surface area contributed by atoms with Crippen LogP contribution in [0.3, 0.4) is 0 Å². The molecule has 1 aliphatic carbocycles. The van der Waals surface area contributed by atoms with Crippen LogP contribution in [0, 0.1) is 5.82 Å². The van der Waals surface area contributed by atoms with Gasteiger partial charge in [-0.1, -0.05) is 6.07 Å². The number of carbonyl (C=O) groups is 1. The topological polar surface area (TPSA) is 49.3 Å². The zero-order valence-corrected chi connectivity index (χ0v) is 9.79. The van der Waals surface area contributed by atoms with Crippen LogP contribution in [0.2, 0.25) is 0 Å². The highest BCUT2D eigenvalue weighted by Gasteiger charge is 2.30. The number of halogens is 1. The van der Waals surface area contributed by atoms with Crippen LogP contribution in [-0.2, 0) is 6.54 Å². The molecule has 0 amide bonds. The summed E-state index contributed by atoms with van der Waals surface area (Å²) in [4.78, 5) is 10.7. The maximum Gasteiger partial charge on any atom is 0.338 e. The molecule has 3 nitrogen and oxygen atoms in total. The average molecular weight is 237 g/mol. The van der Waals surface area contributed by atoms with E-state index in [9.17, 15) is 9.18 Å². The van der Waals surface area contributed by atoms with Gasteiger partial charge in [-0.3, -0.25) is 0 Å². The lowest BCUT2D eigenvalue weighted by atomic mass is 9.78. The first-order valence-corrected chi connectivity index (χ1v) is 5.77. The number of rotatable bonds is 4. The summed E-state index contributed by atoms with van der Waals surface area (Å²) in [5.74, 6) is -1.90. The van der Waals surface area contributed by atoms with Crippen molar-refractivity contribution in [3.8, 4) is 0 Å². The van der Waals surface area contributed by atoms with E-state index in [4.69, 9.17) is 5.11 Å². The van der Waals surface area contributed by atoms with E-state index in [0.29, 0.717) is 6.54 Å². The molecule has 0 heterocycles. The van der Waals surface area contributed by atoms with Crippen molar-refractivity contribution in [3.63, 3.8) is 0 Å². The zero-order chi connectivity index (χ0) is 12.5. The molecule has 17 heavy (non-hydrogen) atoms. The van der Waals surface area contributed by atoms with Gasteiger partial charge in [-0.05, 0) is 43.9 Å². The van der Waals surface area contributed by atoms with Gasteiger partial charge in [0.05, 0.1) is 5.56 Å². The fourth-order valence-electron chi connectivity index (χ4n) is 2.04. The van der Waals surface area contributed by atoms with Crippen molar-refractivity contribution in [2.75, 3.05) is 0 Å². The van der Waals surface area contributed by atoms with Gasteiger partial charge in [-0.15, -0.1) is 0 Å². The van der Waals surface area contributed by atoms with Gasteiger partial charge in [-0.2, -0.15) is 0 Å². The number of hydrogen-bond acceptors (Lipinski definition) is 2. The van der Waals surface area contributed by atoms with Crippen LogP contribution < -0.4 is 5.32 Å². The third kappa shape index (κ3) is 2.64. The van der Waals surface area contributed by atoms with E-state index in [1.165, 1.54) is 18.6 Å². The maximum absolute atomic E-state index is 13.4. The highest BCUT2D eigenvalue weighted by molar-refractivity contribution is 5.87. The number of aromatic carboxylic acids is 1. The van der Waals surface area contributed by atoms with Crippen LogP contribution in [0.4, 0.5) is 4.39 Å². The van der Waals surface area contributed by atoms with Crippen LogP contribution >= 0.6 is 0 Å². The summed E-state index contributed by atoms with van der Waals surface area (Å²) < 4.78 is 13.4. The van der Waals surface area contributed by atoms with Gasteiger partial charge in [0.2, 0.25) is 0 Å². The van der Waals surface area contributed by atoms with Gasteiger partial charge in [0.1, 0.15) is 5.82 Å². The molecule has 1 aromatic rings. The Morgan fingerprint density at radius 1 is 1.53 bits per heavy atom. The Morgan fingerprint density at radius 2 is 2.24 bits per heavy atom. The van der Waals surface area contributed by atoms with Crippen molar-refractivity contribution in [1.82, 2.24) is 5.32 Å². The average Bonchev–Trinajstić information content (AvgIpc) is 2.23. The lowest BCUT2D eigenvalue weighted by Crippen LogP contribution is -2.47. The van der Waals surface area contributed by atoms with Gasteiger partial charge < -0.3 is 10.4 Å². The van der Waals surface area contributed by atoms with E-state index in [2.05, 4.69) is 12.2 Å². The second-order valence-corrected chi connectivity index (χ2v) is 4.89. The van der Waals surface area contributed by atoms with E-state index in [0.717, 1.165) is 18.4 Å². The Bertz CT molecular complexity index is 441. The summed E-state index contributed by atoms with van der Waals surface area (Å²) in [5.41, 5.74) is 0.673. The minimum Gasteiger partial charge on any atom is -0.478 e. The molecule has 0 aliphatic heterocycles. The molecule has 1 saturated carbocycles. The summed E-state index contributed by atoms with van der Waals surface area (Å²) in [5, 5.41) is 12.1. The fraction of sp³-hybridized carbons (Fsp3) is 0.462. The molecule has 1 aliphatic rings. The van der Waals surface area contributed by atoms with E-state index in [1.807, 2.05) is 0 Å². The first-order valence-electron chi connectivity index (χ1n) is 5.77. The minimum absolute atomic E-state index is 0.169. The molecule has 92 valence electrons. The van der Waals surface area contributed by atoms with E-state index >= 15 is 0 Å². The molecule has 1 aromatic carbocycles. The van der Waals surface area contributed by atoms with Crippen LogP contribution in [0.25, 0.3) is 0 Å². The number of carboxylic acid groups (broad SMARTS) is 1. The Kier molecular flexibility index (Phi) is 3.15. The first-order chi connectivity index (χ1) is 8.00. The van der Waals surface area contributed by atoms with Crippen molar-refractivity contribution < 1.29 is 14.3 Å². The lowest BCUT2D eigenvalue weighted by Gasteiger charge is -2.39. The Labute approximate surface area is 99.7 Å². The summed E-state index contributed by atoms with van der Waals surface area (Å²) >= 11 is 0. The van der Waals surface area contributed by atoms with E-state index in [1.54, 1.807) is 6.07 Å². The second kappa shape index (κ2) is 4.45. The molecular formula is C13H16FNO2. The summed E-state index contributed by atoms with van der Waals surface area (Å²) in [7, 11) is 0. The third-order valence-electron chi connectivity index (χ3n) is 3.44. The van der Waals surface area contributed by atoms with Crippen LogP contribution in [0.5, 0.6) is 0 Å². The Balaban J connectivity index is 2.02. The van der Waals surface area contributed by atoms with Gasteiger partial charge in [0.25, 0.3) is 0 Å². The smallest absolute Gasteiger partial charge is 0.338 e. The lowest BCUT2D eigenvalue weighted by molar-refractivity contribution is 0.0692. The molecular weight excluding hydrogens is 221 g/mol. The number of benzene rings is 1. The third-order valence-corrected chi connectivity index (χ3v) is 3.44. The van der Waals surface area contributed by atoms with Gasteiger partial charge >= 0.3 is 5.97 Å². The molecule has 4 heteroatoms. The van der Waals surface area contributed by atoms with Crippen molar-refractivity contribution in [2.24, 2.45) is 0 Å². The highest BCUT2D eigenvalue weighted by Crippen LogP contribution is 2.31. The van der Waals surface area contributed by atoms with Crippen LogP contribution in [0.1, 0.15) is 42.1 Å². The van der Waals surface area contributed by atoms with E-state index < -0.39 is 11.8 Å². The van der Waals surface area contributed by atoms with Crippen LogP contribution in [-0.4, -0.2) is 16.6 Å². The molecule has 2 rings (SSSR count). The molecule has 0 aromatic heterocycles. The highest BCUT2D eigenvalue weighted by atomic mass is 19.1. The van der Waals surface area contributed by atoms with Crippen molar-refractivity contribution >= 4 is 5.97 Å². The predicted molar refractivity (Wildman–Crippen MR) is 62.5 cm³/mol. The molecule has 0 atom stereocenters. The molecule has 0 saturated heterocycles. The summed E-state index contributed by atoms with van der Waals surface area (Å²) in [6.45, 7) is 2.73. The largest absolute Gasteiger partial charge is 0.478 e.